The van der Waals surface area contributed by atoms with E-state index in [1.54, 1.807) is 18.2 Å². The van der Waals surface area contributed by atoms with Gasteiger partial charge in [0.2, 0.25) is 5.43 Å². The lowest BCUT2D eigenvalue weighted by atomic mass is 9.85. The minimum atomic E-state index is -0.605. The number of fused-ring (bicyclic) bond motifs is 1. The van der Waals surface area contributed by atoms with Crippen molar-refractivity contribution in [3.8, 4) is 28.4 Å². The molecule has 1 aliphatic rings. The van der Waals surface area contributed by atoms with E-state index in [1.807, 2.05) is 13.8 Å². The van der Waals surface area contributed by atoms with Crippen LogP contribution in [0.1, 0.15) is 25.8 Å². The molecule has 4 rings (SSSR count). The van der Waals surface area contributed by atoms with Crippen LogP contribution in [0.4, 0.5) is 0 Å². The lowest BCUT2D eigenvalue weighted by molar-refractivity contribution is 0.271. The maximum atomic E-state index is 13.1. The highest BCUT2D eigenvalue weighted by Gasteiger charge is 2.62. The van der Waals surface area contributed by atoms with Crippen molar-refractivity contribution in [1.29, 1.82) is 0 Å². The zero-order chi connectivity index (χ0) is 21.0. The molecule has 1 unspecified atom stereocenters. The second-order valence-electron chi connectivity index (χ2n) is 7.90. The molecule has 0 bridgehead atoms. The molecular formula is C23H22O6. The van der Waals surface area contributed by atoms with Gasteiger partial charge in [-0.05, 0) is 38.0 Å². The van der Waals surface area contributed by atoms with Crippen molar-refractivity contribution in [2.45, 2.75) is 37.9 Å². The van der Waals surface area contributed by atoms with Crippen LogP contribution in [-0.2, 0) is 11.2 Å². The number of hydrogen-bond donors (Lipinski definition) is 3. The van der Waals surface area contributed by atoms with Crippen LogP contribution >= 0.6 is 0 Å². The van der Waals surface area contributed by atoms with Crippen molar-refractivity contribution in [3.05, 3.63) is 65.0 Å². The molecule has 3 aromatic rings. The molecule has 1 aliphatic heterocycles. The Kier molecular flexibility index (Phi) is 4.20. The fraction of sp³-hybridized carbons (Fsp3) is 0.261. The molecule has 6 nitrogen and oxygen atoms in total. The van der Waals surface area contributed by atoms with Gasteiger partial charge in [-0.2, -0.15) is 0 Å². The van der Waals surface area contributed by atoms with Crippen molar-refractivity contribution in [2.24, 2.45) is 0 Å². The van der Waals surface area contributed by atoms with Crippen molar-refractivity contribution < 1.29 is 24.5 Å². The number of ether oxygens (including phenoxy) is 1. The summed E-state index contributed by atoms with van der Waals surface area (Å²) in [4.78, 5) is 13.1. The summed E-state index contributed by atoms with van der Waals surface area (Å²) >= 11 is 0. The van der Waals surface area contributed by atoms with Crippen LogP contribution in [0.2, 0.25) is 0 Å². The summed E-state index contributed by atoms with van der Waals surface area (Å²) in [6.07, 6.45) is 3.78. The average molecular weight is 394 g/mol. The molecule has 1 atom stereocenters. The molecule has 2 heterocycles. The molecule has 1 aromatic heterocycles. The maximum absolute atomic E-state index is 13.1. The second-order valence-corrected chi connectivity index (χ2v) is 7.90. The highest BCUT2D eigenvalue weighted by molar-refractivity contribution is 5.89. The Morgan fingerprint density at radius 1 is 1.14 bits per heavy atom. The number of aromatic hydroxyl groups is 3. The number of rotatable bonds is 5. The maximum Gasteiger partial charge on any atom is 0.204 e. The number of phenols is 3. The molecule has 0 amide bonds. The molecule has 0 radical (unpaired) electrons. The van der Waals surface area contributed by atoms with Gasteiger partial charge in [-0.3, -0.25) is 4.79 Å². The summed E-state index contributed by atoms with van der Waals surface area (Å²) in [5.41, 5.74) is -0.357. The van der Waals surface area contributed by atoms with Gasteiger partial charge in [0.1, 0.15) is 40.1 Å². The van der Waals surface area contributed by atoms with Crippen LogP contribution in [0.25, 0.3) is 22.1 Å². The van der Waals surface area contributed by atoms with Crippen LogP contribution in [0.15, 0.2) is 58.5 Å². The van der Waals surface area contributed by atoms with E-state index in [0.29, 0.717) is 12.0 Å². The monoisotopic (exact) mass is 394 g/mol. The van der Waals surface area contributed by atoms with E-state index < -0.39 is 16.6 Å². The molecular weight excluding hydrogens is 372 g/mol. The Labute approximate surface area is 167 Å². The van der Waals surface area contributed by atoms with Crippen molar-refractivity contribution in [1.82, 2.24) is 0 Å². The van der Waals surface area contributed by atoms with E-state index in [0.717, 1.165) is 0 Å². The molecule has 150 valence electrons. The van der Waals surface area contributed by atoms with Crippen LogP contribution in [0, 0.1) is 0 Å². The molecule has 0 aliphatic carbocycles. The van der Waals surface area contributed by atoms with Gasteiger partial charge in [0, 0.05) is 18.1 Å². The predicted octanol–water partition coefficient (Wildman–Crippen LogP) is 4.24. The summed E-state index contributed by atoms with van der Waals surface area (Å²) < 4.78 is 11.4. The van der Waals surface area contributed by atoms with E-state index in [-0.39, 0.29) is 45.8 Å². The van der Waals surface area contributed by atoms with Gasteiger partial charge in [0.25, 0.3) is 0 Å². The summed E-state index contributed by atoms with van der Waals surface area (Å²) in [6.45, 7) is 7.63. The SMILES string of the molecule is C=CCC1(Cc2c(O)cc3occ(-c4ccc(O)cc4)c(=O)c3c2O)OC1(C)C. The highest BCUT2D eigenvalue weighted by Crippen LogP contribution is 2.54. The molecule has 3 N–H and O–H groups in total. The van der Waals surface area contributed by atoms with Crippen molar-refractivity contribution in [2.75, 3.05) is 0 Å². The summed E-state index contributed by atoms with van der Waals surface area (Å²) in [5.74, 6) is -0.400. The molecule has 29 heavy (non-hydrogen) atoms. The number of benzene rings is 2. The first kappa shape index (κ1) is 19.1. The smallest absolute Gasteiger partial charge is 0.204 e. The topological polar surface area (TPSA) is 103 Å². The van der Waals surface area contributed by atoms with Gasteiger partial charge in [-0.1, -0.05) is 18.2 Å². The van der Waals surface area contributed by atoms with Crippen molar-refractivity contribution in [3.63, 3.8) is 0 Å². The molecule has 6 heteroatoms. The molecule has 0 saturated carbocycles. The van der Waals surface area contributed by atoms with Crippen molar-refractivity contribution >= 4 is 11.0 Å². The summed E-state index contributed by atoms with van der Waals surface area (Å²) in [6, 6.07) is 7.44. The Hall–Kier alpha value is -3.25. The van der Waals surface area contributed by atoms with Gasteiger partial charge in [0.15, 0.2) is 0 Å². The first-order chi connectivity index (χ1) is 13.7. The lowest BCUT2D eigenvalue weighted by Gasteiger charge is -2.16. The standard InChI is InChI=1S/C23H22O6/c1-4-9-23(22(2,3)29-23)11-15-17(25)10-18-19(20(15)26)21(27)16(12-28-18)13-5-7-14(24)8-6-13/h4-8,10,12,24-26H,1,9,11H2,2-3H3. The first-order valence-electron chi connectivity index (χ1n) is 9.29. The zero-order valence-electron chi connectivity index (χ0n) is 16.2. The van der Waals surface area contributed by atoms with Gasteiger partial charge < -0.3 is 24.5 Å². The van der Waals surface area contributed by atoms with Crippen LogP contribution in [0.5, 0.6) is 17.2 Å². The van der Waals surface area contributed by atoms with Crippen LogP contribution in [-0.4, -0.2) is 26.5 Å². The van der Waals surface area contributed by atoms with E-state index in [9.17, 15) is 20.1 Å². The normalized spacial score (nSPS) is 19.9. The summed E-state index contributed by atoms with van der Waals surface area (Å²) in [5, 5.41) is 30.9. The Balaban J connectivity index is 1.87. The fourth-order valence-electron chi connectivity index (χ4n) is 3.90. The molecule has 1 saturated heterocycles. The third kappa shape index (κ3) is 2.96. The van der Waals surface area contributed by atoms with Gasteiger partial charge in [-0.15, -0.1) is 6.58 Å². The largest absolute Gasteiger partial charge is 0.508 e. The van der Waals surface area contributed by atoms with E-state index >= 15 is 0 Å². The number of phenolic OH excluding ortho intramolecular Hbond substituents is 3. The van der Waals surface area contributed by atoms with Crippen LogP contribution < -0.4 is 5.43 Å². The van der Waals surface area contributed by atoms with Gasteiger partial charge in [0.05, 0.1) is 11.2 Å². The molecule has 2 aromatic carbocycles. The van der Waals surface area contributed by atoms with Gasteiger partial charge in [-0.25, -0.2) is 0 Å². The fourth-order valence-corrected chi connectivity index (χ4v) is 3.90. The zero-order valence-corrected chi connectivity index (χ0v) is 16.2. The van der Waals surface area contributed by atoms with E-state index in [4.69, 9.17) is 9.15 Å². The second kappa shape index (κ2) is 6.39. The number of hydrogen-bond acceptors (Lipinski definition) is 6. The highest BCUT2D eigenvalue weighted by atomic mass is 16.6. The predicted molar refractivity (Wildman–Crippen MR) is 109 cm³/mol. The van der Waals surface area contributed by atoms with Crippen LogP contribution in [0.3, 0.4) is 0 Å². The third-order valence-electron chi connectivity index (χ3n) is 5.74. The van der Waals surface area contributed by atoms with E-state index in [1.165, 1.54) is 24.5 Å². The average Bonchev–Trinajstić information content (AvgIpc) is 3.20. The third-order valence-corrected chi connectivity index (χ3v) is 5.74. The minimum Gasteiger partial charge on any atom is -0.508 e. The summed E-state index contributed by atoms with van der Waals surface area (Å²) in [7, 11) is 0. The quantitative estimate of drug-likeness (QED) is 0.442. The molecule has 1 fully saturated rings. The Morgan fingerprint density at radius 3 is 2.38 bits per heavy atom. The lowest BCUT2D eigenvalue weighted by Crippen LogP contribution is -2.23. The number of epoxide rings is 1. The first-order valence-corrected chi connectivity index (χ1v) is 9.29. The van der Waals surface area contributed by atoms with E-state index in [2.05, 4.69) is 6.58 Å². The Morgan fingerprint density at radius 2 is 1.79 bits per heavy atom. The minimum absolute atomic E-state index is 0.00409. The molecule has 0 spiro atoms. The Bertz CT molecular complexity index is 1170. The van der Waals surface area contributed by atoms with Gasteiger partial charge >= 0.3 is 0 Å².